The molecule has 1 aromatic heterocycles. The summed E-state index contributed by atoms with van der Waals surface area (Å²) in [6.07, 6.45) is 3.24. The van der Waals surface area contributed by atoms with Gasteiger partial charge in [-0.25, -0.2) is 4.98 Å². The summed E-state index contributed by atoms with van der Waals surface area (Å²) in [5.41, 5.74) is 1.89. The van der Waals surface area contributed by atoms with Gasteiger partial charge in [-0.3, -0.25) is 9.59 Å². The van der Waals surface area contributed by atoms with E-state index in [0.29, 0.717) is 18.1 Å². The first-order chi connectivity index (χ1) is 13.0. The molecule has 7 heteroatoms. The SMILES string of the molecule is CCCc1sc(NC(=O)C(C)N2CCCC2=O)nc1-c1ccc(OC)cc1. The van der Waals surface area contributed by atoms with Crippen molar-refractivity contribution in [3.8, 4) is 17.0 Å². The van der Waals surface area contributed by atoms with Gasteiger partial charge in [0.05, 0.1) is 12.8 Å². The Kier molecular flexibility index (Phi) is 6.11. The van der Waals surface area contributed by atoms with Gasteiger partial charge in [-0.15, -0.1) is 11.3 Å². The Morgan fingerprint density at radius 2 is 2.11 bits per heavy atom. The second kappa shape index (κ2) is 8.52. The highest BCUT2D eigenvalue weighted by Crippen LogP contribution is 2.33. The number of carbonyl (C=O) groups is 2. The van der Waals surface area contributed by atoms with E-state index >= 15 is 0 Å². The Morgan fingerprint density at radius 1 is 1.37 bits per heavy atom. The average molecular weight is 388 g/mol. The molecule has 0 aliphatic carbocycles. The van der Waals surface area contributed by atoms with E-state index in [0.717, 1.165) is 41.1 Å². The molecule has 2 aromatic rings. The predicted molar refractivity (Wildman–Crippen MR) is 107 cm³/mol. The van der Waals surface area contributed by atoms with Crippen LogP contribution in [0.4, 0.5) is 5.13 Å². The fourth-order valence-corrected chi connectivity index (χ4v) is 4.29. The number of amides is 2. The molecule has 1 fully saturated rings. The molecule has 3 rings (SSSR count). The molecule has 0 radical (unpaired) electrons. The third-order valence-corrected chi connectivity index (χ3v) is 5.76. The summed E-state index contributed by atoms with van der Waals surface area (Å²) in [5, 5.41) is 3.48. The number of nitrogens with zero attached hydrogens (tertiary/aromatic N) is 2. The topological polar surface area (TPSA) is 71.5 Å². The number of methoxy groups -OCH3 is 1. The van der Waals surface area contributed by atoms with E-state index in [9.17, 15) is 9.59 Å². The Labute approximate surface area is 163 Å². The van der Waals surface area contributed by atoms with Crippen molar-refractivity contribution in [3.05, 3.63) is 29.1 Å². The highest BCUT2D eigenvalue weighted by molar-refractivity contribution is 7.16. The maximum absolute atomic E-state index is 12.6. The van der Waals surface area contributed by atoms with E-state index in [1.807, 2.05) is 24.3 Å². The number of hydrogen-bond acceptors (Lipinski definition) is 5. The first-order valence-electron chi connectivity index (χ1n) is 9.28. The molecule has 1 N–H and O–H groups in total. The van der Waals surface area contributed by atoms with Crippen molar-refractivity contribution in [2.24, 2.45) is 0 Å². The fourth-order valence-electron chi connectivity index (χ4n) is 3.21. The highest BCUT2D eigenvalue weighted by atomic mass is 32.1. The lowest BCUT2D eigenvalue weighted by Gasteiger charge is -2.22. The second-order valence-corrected chi connectivity index (χ2v) is 7.71. The molecule has 1 unspecified atom stereocenters. The van der Waals surface area contributed by atoms with Crippen molar-refractivity contribution < 1.29 is 14.3 Å². The van der Waals surface area contributed by atoms with Crippen LogP contribution in [0.25, 0.3) is 11.3 Å². The van der Waals surface area contributed by atoms with Crippen LogP contribution in [0.15, 0.2) is 24.3 Å². The minimum Gasteiger partial charge on any atom is -0.497 e. The fraction of sp³-hybridized carbons (Fsp3) is 0.450. The number of ether oxygens (including phenoxy) is 1. The molecular formula is C20H25N3O3S. The molecular weight excluding hydrogens is 362 g/mol. The van der Waals surface area contributed by atoms with Crippen molar-refractivity contribution in [1.82, 2.24) is 9.88 Å². The first kappa shape index (κ1) is 19.4. The van der Waals surface area contributed by atoms with Crippen molar-refractivity contribution in [3.63, 3.8) is 0 Å². The highest BCUT2D eigenvalue weighted by Gasteiger charge is 2.30. The van der Waals surface area contributed by atoms with Gasteiger partial charge in [0.15, 0.2) is 5.13 Å². The van der Waals surface area contributed by atoms with E-state index in [4.69, 9.17) is 4.74 Å². The van der Waals surface area contributed by atoms with Crippen LogP contribution in [-0.4, -0.2) is 41.4 Å². The monoisotopic (exact) mass is 387 g/mol. The summed E-state index contributed by atoms with van der Waals surface area (Å²) in [6.45, 7) is 4.53. The Balaban J connectivity index is 1.79. The van der Waals surface area contributed by atoms with Crippen LogP contribution in [0.5, 0.6) is 5.75 Å². The molecule has 0 saturated carbocycles. The van der Waals surface area contributed by atoms with Gasteiger partial charge in [0, 0.05) is 23.4 Å². The average Bonchev–Trinajstić information content (AvgIpc) is 3.27. The van der Waals surface area contributed by atoms with E-state index in [-0.39, 0.29) is 11.8 Å². The number of thiazole rings is 1. The zero-order valence-corrected chi connectivity index (χ0v) is 16.8. The molecule has 1 aliphatic heterocycles. The molecule has 6 nitrogen and oxygen atoms in total. The summed E-state index contributed by atoms with van der Waals surface area (Å²) in [4.78, 5) is 31.9. The van der Waals surface area contributed by atoms with E-state index in [1.54, 1.807) is 18.9 Å². The third-order valence-electron chi connectivity index (χ3n) is 4.72. The number of carbonyl (C=O) groups excluding carboxylic acids is 2. The minimum atomic E-state index is -0.483. The standard InChI is InChI=1S/C20H25N3O3S/c1-4-6-16-18(14-8-10-15(26-3)11-9-14)21-20(27-16)22-19(25)13(2)23-12-5-7-17(23)24/h8-11,13H,4-7,12H2,1-3H3,(H,21,22,25). The number of likely N-dealkylation sites (tertiary alicyclic amines) is 1. The van der Waals surface area contributed by atoms with Gasteiger partial charge in [0.25, 0.3) is 0 Å². The number of nitrogens with one attached hydrogen (secondary N) is 1. The van der Waals surface area contributed by atoms with Gasteiger partial charge >= 0.3 is 0 Å². The van der Waals surface area contributed by atoms with Gasteiger partial charge in [-0.2, -0.15) is 0 Å². The maximum atomic E-state index is 12.6. The number of anilines is 1. The van der Waals surface area contributed by atoms with Gasteiger partial charge in [0.1, 0.15) is 11.8 Å². The molecule has 0 spiro atoms. The maximum Gasteiger partial charge on any atom is 0.248 e. The van der Waals surface area contributed by atoms with Crippen LogP contribution >= 0.6 is 11.3 Å². The quantitative estimate of drug-likeness (QED) is 0.786. The zero-order chi connectivity index (χ0) is 19.4. The molecule has 1 saturated heterocycles. The van der Waals surface area contributed by atoms with Crippen molar-refractivity contribution in [2.45, 2.75) is 45.6 Å². The number of hydrogen-bond donors (Lipinski definition) is 1. The zero-order valence-electron chi connectivity index (χ0n) is 15.9. The van der Waals surface area contributed by atoms with E-state index in [1.165, 1.54) is 11.3 Å². The summed E-state index contributed by atoms with van der Waals surface area (Å²) in [7, 11) is 1.64. The van der Waals surface area contributed by atoms with Gasteiger partial charge in [-0.1, -0.05) is 13.3 Å². The Bertz CT molecular complexity index is 816. The number of aromatic nitrogens is 1. The minimum absolute atomic E-state index is 0.0439. The molecule has 27 heavy (non-hydrogen) atoms. The molecule has 1 aromatic carbocycles. The number of benzene rings is 1. The first-order valence-corrected chi connectivity index (χ1v) is 10.1. The van der Waals surface area contributed by atoms with Crippen LogP contribution in [0.2, 0.25) is 0 Å². The largest absolute Gasteiger partial charge is 0.497 e. The van der Waals surface area contributed by atoms with Crippen LogP contribution in [0.1, 0.15) is 38.0 Å². The normalized spacial score (nSPS) is 15.1. The smallest absolute Gasteiger partial charge is 0.248 e. The predicted octanol–water partition coefficient (Wildman–Crippen LogP) is 3.72. The second-order valence-electron chi connectivity index (χ2n) is 6.63. The van der Waals surface area contributed by atoms with Crippen molar-refractivity contribution in [1.29, 1.82) is 0 Å². The van der Waals surface area contributed by atoms with Crippen LogP contribution in [0, 0.1) is 0 Å². The Morgan fingerprint density at radius 3 is 2.70 bits per heavy atom. The molecule has 2 heterocycles. The lowest BCUT2D eigenvalue weighted by atomic mass is 10.1. The number of rotatable bonds is 7. The van der Waals surface area contributed by atoms with Crippen LogP contribution < -0.4 is 10.1 Å². The molecule has 2 amide bonds. The lowest BCUT2D eigenvalue weighted by molar-refractivity contribution is -0.134. The van der Waals surface area contributed by atoms with E-state index < -0.39 is 6.04 Å². The molecule has 144 valence electrons. The molecule has 1 atom stereocenters. The summed E-state index contributed by atoms with van der Waals surface area (Å²) in [6, 6.07) is 7.28. The summed E-state index contributed by atoms with van der Waals surface area (Å²) in [5.74, 6) is 0.648. The van der Waals surface area contributed by atoms with Crippen LogP contribution in [0.3, 0.4) is 0 Å². The summed E-state index contributed by atoms with van der Waals surface area (Å²) < 4.78 is 5.22. The van der Waals surface area contributed by atoms with Gasteiger partial charge < -0.3 is 15.0 Å². The molecule has 0 bridgehead atoms. The summed E-state index contributed by atoms with van der Waals surface area (Å²) >= 11 is 1.50. The number of aryl methyl sites for hydroxylation is 1. The van der Waals surface area contributed by atoms with Crippen LogP contribution in [-0.2, 0) is 16.0 Å². The van der Waals surface area contributed by atoms with Crippen molar-refractivity contribution >= 4 is 28.3 Å². The van der Waals surface area contributed by atoms with Gasteiger partial charge in [-0.05, 0) is 44.0 Å². The third kappa shape index (κ3) is 4.30. The van der Waals surface area contributed by atoms with E-state index in [2.05, 4.69) is 17.2 Å². The lowest BCUT2D eigenvalue weighted by Crippen LogP contribution is -2.42. The molecule has 1 aliphatic rings. The van der Waals surface area contributed by atoms with Crippen molar-refractivity contribution in [2.75, 3.05) is 19.0 Å². The van der Waals surface area contributed by atoms with Gasteiger partial charge in [0.2, 0.25) is 11.8 Å². The Hall–Kier alpha value is -2.41.